The van der Waals surface area contributed by atoms with E-state index < -0.39 is 11.4 Å². The number of aliphatic imine (C=N–C) groups is 1. The number of amidine groups is 1. The fourth-order valence-electron chi connectivity index (χ4n) is 2.55. The van der Waals surface area contributed by atoms with Gasteiger partial charge >= 0.3 is 0 Å². The highest BCUT2D eigenvalue weighted by Crippen LogP contribution is 2.51. The zero-order valence-electron chi connectivity index (χ0n) is 13.2. The molecule has 3 rings (SSSR count). The molecular formula is C18H16ClFN4O. The molecule has 0 saturated heterocycles. The standard InChI is InChI=1S/C18H16ClFN4O/c19-14-4-2-1-3-13(14)18(7-8-18)17(25)24-16(21)6-10-22-12-5-9-23-15(20)11-12/h1-6,9-11H,7-8H2,(H,22,23)(H2,21,24,25)/b10-6-. The maximum atomic E-state index is 13.0. The van der Waals surface area contributed by atoms with Crippen molar-refractivity contribution in [2.45, 2.75) is 18.3 Å². The van der Waals surface area contributed by atoms with Crippen molar-refractivity contribution in [3.05, 3.63) is 71.4 Å². The summed E-state index contributed by atoms with van der Waals surface area (Å²) in [6.07, 6.45) is 5.66. The van der Waals surface area contributed by atoms with E-state index in [1.165, 1.54) is 24.5 Å². The Morgan fingerprint density at radius 3 is 2.80 bits per heavy atom. The van der Waals surface area contributed by atoms with E-state index in [-0.39, 0.29) is 11.7 Å². The molecule has 0 spiro atoms. The SMILES string of the molecule is NC(/C=C\Nc1ccnc(F)c1)=NC(=O)C1(c2ccccc2Cl)CC1. The molecule has 0 aliphatic heterocycles. The van der Waals surface area contributed by atoms with Gasteiger partial charge < -0.3 is 11.1 Å². The number of benzene rings is 1. The van der Waals surface area contributed by atoms with Crippen LogP contribution >= 0.6 is 11.6 Å². The molecule has 0 unspecified atom stereocenters. The predicted octanol–water partition coefficient (Wildman–Crippen LogP) is 3.42. The van der Waals surface area contributed by atoms with Crippen LogP contribution in [0.2, 0.25) is 5.02 Å². The van der Waals surface area contributed by atoms with E-state index in [4.69, 9.17) is 17.3 Å². The van der Waals surface area contributed by atoms with Gasteiger partial charge in [-0.15, -0.1) is 0 Å². The van der Waals surface area contributed by atoms with Crippen LogP contribution in [0, 0.1) is 5.95 Å². The third-order valence-electron chi connectivity index (χ3n) is 4.01. The summed E-state index contributed by atoms with van der Waals surface area (Å²) in [4.78, 5) is 19.9. The fourth-order valence-corrected chi connectivity index (χ4v) is 2.87. The number of carbonyl (C=O) groups excluding carboxylic acids is 1. The Morgan fingerprint density at radius 2 is 2.12 bits per heavy atom. The lowest BCUT2D eigenvalue weighted by molar-refractivity contribution is -0.120. The van der Waals surface area contributed by atoms with Crippen molar-refractivity contribution in [2.75, 3.05) is 5.32 Å². The van der Waals surface area contributed by atoms with Gasteiger partial charge in [-0.2, -0.15) is 9.38 Å². The number of halogens is 2. The first-order valence-corrected chi connectivity index (χ1v) is 8.07. The van der Waals surface area contributed by atoms with Crippen molar-refractivity contribution in [3.63, 3.8) is 0 Å². The quantitative estimate of drug-likeness (QED) is 0.487. The maximum Gasteiger partial charge on any atom is 0.258 e. The van der Waals surface area contributed by atoms with E-state index in [9.17, 15) is 9.18 Å². The molecule has 25 heavy (non-hydrogen) atoms. The van der Waals surface area contributed by atoms with Crippen molar-refractivity contribution in [3.8, 4) is 0 Å². The highest BCUT2D eigenvalue weighted by Gasteiger charge is 2.52. The molecule has 1 amide bonds. The molecule has 1 aromatic heterocycles. The summed E-state index contributed by atoms with van der Waals surface area (Å²) in [5, 5.41) is 3.39. The van der Waals surface area contributed by atoms with Crippen molar-refractivity contribution in [1.29, 1.82) is 0 Å². The van der Waals surface area contributed by atoms with Gasteiger partial charge in [-0.05, 0) is 36.6 Å². The number of carbonyl (C=O) groups is 1. The summed E-state index contributed by atoms with van der Waals surface area (Å²) < 4.78 is 13.0. The minimum absolute atomic E-state index is 0.0605. The molecular weight excluding hydrogens is 343 g/mol. The number of nitrogens with zero attached hydrogens (tertiary/aromatic N) is 2. The van der Waals surface area contributed by atoms with Gasteiger partial charge in [0.1, 0.15) is 5.84 Å². The number of aromatic nitrogens is 1. The monoisotopic (exact) mass is 358 g/mol. The zero-order chi connectivity index (χ0) is 17.9. The van der Waals surface area contributed by atoms with Crippen LogP contribution < -0.4 is 11.1 Å². The molecule has 0 bridgehead atoms. The van der Waals surface area contributed by atoms with E-state index in [1.807, 2.05) is 18.2 Å². The van der Waals surface area contributed by atoms with E-state index >= 15 is 0 Å². The third kappa shape index (κ3) is 3.85. The number of pyridine rings is 1. The normalized spacial score (nSPS) is 16.0. The lowest BCUT2D eigenvalue weighted by Crippen LogP contribution is -2.22. The van der Waals surface area contributed by atoms with Crippen molar-refractivity contribution >= 4 is 29.0 Å². The van der Waals surface area contributed by atoms with E-state index in [1.54, 1.807) is 12.1 Å². The molecule has 1 aliphatic rings. The first-order valence-electron chi connectivity index (χ1n) is 7.69. The predicted molar refractivity (Wildman–Crippen MR) is 96.0 cm³/mol. The molecule has 1 saturated carbocycles. The highest BCUT2D eigenvalue weighted by atomic mass is 35.5. The number of nitrogens with one attached hydrogen (secondary N) is 1. The molecule has 1 fully saturated rings. The summed E-state index contributed by atoms with van der Waals surface area (Å²) in [6.45, 7) is 0. The lowest BCUT2D eigenvalue weighted by atomic mass is 9.95. The molecule has 0 atom stereocenters. The summed E-state index contributed by atoms with van der Waals surface area (Å²) in [7, 11) is 0. The topological polar surface area (TPSA) is 80.4 Å². The van der Waals surface area contributed by atoms with E-state index in [0.717, 1.165) is 5.56 Å². The second-order valence-corrected chi connectivity index (χ2v) is 6.16. The minimum Gasteiger partial charge on any atom is -0.384 e. The van der Waals surface area contributed by atoms with Gasteiger partial charge in [0.2, 0.25) is 5.95 Å². The van der Waals surface area contributed by atoms with Gasteiger partial charge in [-0.1, -0.05) is 29.8 Å². The Kier molecular flexibility index (Phi) is 4.81. The number of nitrogens with two attached hydrogens (primary N) is 1. The van der Waals surface area contributed by atoms with Crippen LogP contribution in [-0.4, -0.2) is 16.7 Å². The van der Waals surface area contributed by atoms with Crippen LogP contribution in [0.4, 0.5) is 10.1 Å². The average molecular weight is 359 g/mol. The molecule has 2 aromatic rings. The molecule has 3 N–H and O–H groups in total. The van der Waals surface area contributed by atoms with Crippen LogP contribution in [0.5, 0.6) is 0 Å². The van der Waals surface area contributed by atoms with Crippen LogP contribution in [0.15, 0.2) is 59.9 Å². The molecule has 1 heterocycles. The number of hydrogen-bond acceptors (Lipinski definition) is 3. The van der Waals surface area contributed by atoms with Crippen molar-refractivity contribution < 1.29 is 9.18 Å². The van der Waals surface area contributed by atoms with Gasteiger partial charge in [0.05, 0.1) is 5.41 Å². The highest BCUT2D eigenvalue weighted by molar-refractivity contribution is 6.32. The third-order valence-corrected chi connectivity index (χ3v) is 4.34. The summed E-state index contributed by atoms with van der Waals surface area (Å²) in [5.41, 5.74) is 6.42. The van der Waals surface area contributed by atoms with E-state index in [2.05, 4.69) is 15.3 Å². The van der Waals surface area contributed by atoms with E-state index in [0.29, 0.717) is 23.6 Å². The Hall–Kier alpha value is -2.73. The van der Waals surface area contributed by atoms with Gasteiger partial charge in [0.15, 0.2) is 0 Å². The van der Waals surface area contributed by atoms with Crippen LogP contribution in [-0.2, 0) is 10.2 Å². The molecule has 1 aromatic carbocycles. The number of rotatable bonds is 5. The Labute approximate surface area is 149 Å². The molecule has 0 radical (unpaired) electrons. The second-order valence-electron chi connectivity index (χ2n) is 5.75. The summed E-state index contributed by atoms with van der Waals surface area (Å²) >= 11 is 6.20. The molecule has 5 nitrogen and oxygen atoms in total. The van der Waals surface area contributed by atoms with Gasteiger partial charge in [0, 0.05) is 29.2 Å². The summed E-state index contributed by atoms with van der Waals surface area (Å²) in [6, 6.07) is 10.1. The Bertz CT molecular complexity index is 862. The molecule has 7 heteroatoms. The Balaban J connectivity index is 1.69. The summed E-state index contributed by atoms with van der Waals surface area (Å²) in [5.74, 6) is -0.839. The maximum absolute atomic E-state index is 13.0. The smallest absolute Gasteiger partial charge is 0.258 e. The van der Waals surface area contributed by atoms with Crippen molar-refractivity contribution in [2.24, 2.45) is 10.7 Å². The van der Waals surface area contributed by atoms with Gasteiger partial charge in [-0.25, -0.2) is 4.98 Å². The van der Waals surface area contributed by atoms with Crippen LogP contribution in [0.1, 0.15) is 18.4 Å². The number of hydrogen-bond donors (Lipinski definition) is 2. The second kappa shape index (κ2) is 7.03. The Morgan fingerprint density at radius 1 is 1.36 bits per heavy atom. The largest absolute Gasteiger partial charge is 0.384 e. The number of anilines is 1. The molecule has 1 aliphatic carbocycles. The van der Waals surface area contributed by atoms with Crippen LogP contribution in [0.25, 0.3) is 0 Å². The number of amides is 1. The van der Waals surface area contributed by atoms with Gasteiger partial charge in [0.25, 0.3) is 5.91 Å². The van der Waals surface area contributed by atoms with Crippen molar-refractivity contribution in [1.82, 2.24) is 4.98 Å². The average Bonchev–Trinajstić information content (AvgIpc) is 3.37. The first-order chi connectivity index (χ1) is 12.0. The first kappa shape index (κ1) is 17.1. The lowest BCUT2D eigenvalue weighted by Gasteiger charge is -2.13. The minimum atomic E-state index is -0.668. The molecule has 128 valence electrons. The van der Waals surface area contributed by atoms with Crippen LogP contribution in [0.3, 0.4) is 0 Å². The van der Waals surface area contributed by atoms with Gasteiger partial charge in [-0.3, -0.25) is 4.79 Å². The fraction of sp³-hybridized carbons (Fsp3) is 0.167. The zero-order valence-corrected chi connectivity index (χ0v) is 14.0.